The molecule has 1 unspecified atom stereocenters. The molecule has 0 saturated carbocycles. The largest absolute Gasteiger partial charge is 0.496 e. The number of methoxy groups -OCH3 is 2. The molecule has 0 aliphatic carbocycles. The molecule has 0 heterocycles. The van der Waals surface area contributed by atoms with E-state index >= 15 is 0 Å². The minimum absolute atomic E-state index is 0.374. The number of halogens is 1. The zero-order chi connectivity index (χ0) is 12.1. The second kappa shape index (κ2) is 6.26. The van der Waals surface area contributed by atoms with Crippen LogP contribution in [0.15, 0.2) is 12.1 Å². The van der Waals surface area contributed by atoms with Crippen molar-refractivity contribution in [1.82, 2.24) is 0 Å². The van der Waals surface area contributed by atoms with Crippen LogP contribution < -0.4 is 9.47 Å². The summed E-state index contributed by atoms with van der Waals surface area (Å²) in [7, 11) is 3.26. The maximum absolute atomic E-state index is 6.04. The van der Waals surface area contributed by atoms with Crippen LogP contribution in [0.1, 0.15) is 24.8 Å². The average molecular weight is 261 g/mol. The van der Waals surface area contributed by atoms with Crippen molar-refractivity contribution in [3.8, 4) is 11.5 Å². The molecule has 1 aromatic rings. The zero-order valence-corrected chi connectivity index (χ0v) is 11.4. The summed E-state index contributed by atoms with van der Waals surface area (Å²) >= 11 is 10.3. The van der Waals surface area contributed by atoms with Crippen molar-refractivity contribution in [2.75, 3.05) is 20.0 Å². The van der Waals surface area contributed by atoms with E-state index in [0.717, 1.165) is 23.5 Å². The van der Waals surface area contributed by atoms with E-state index in [4.69, 9.17) is 21.1 Å². The molecule has 0 bridgehead atoms. The second-order valence-corrected chi connectivity index (χ2v) is 4.50. The lowest BCUT2D eigenvalue weighted by atomic mass is 9.97. The minimum atomic E-state index is 0.374. The smallest absolute Gasteiger partial charge is 0.138 e. The molecule has 2 nitrogen and oxygen atoms in total. The molecule has 1 aromatic carbocycles. The van der Waals surface area contributed by atoms with Gasteiger partial charge in [-0.05, 0) is 24.2 Å². The highest BCUT2D eigenvalue weighted by atomic mass is 35.5. The molecule has 16 heavy (non-hydrogen) atoms. The van der Waals surface area contributed by atoms with Gasteiger partial charge in [0.25, 0.3) is 0 Å². The van der Waals surface area contributed by atoms with Crippen molar-refractivity contribution >= 4 is 24.2 Å². The molecule has 0 N–H and O–H groups in total. The van der Waals surface area contributed by atoms with E-state index in [1.54, 1.807) is 20.3 Å². The first-order valence-corrected chi connectivity index (χ1v) is 6.17. The van der Waals surface area contributed by atoms with Crippen LogP contribution in [0, 0.1) is 0 Å². The van der Waals surface area contributed by atoms with Crippen LogP contribution >= 0.6 is 24.2 Å². The second-order valence-electron chi connectivity index (χ2n) is 3.64. The lowest BCUT2D eigenvalue weighted by Gasteiger charge is -2.16. The van der Waals surface area contributed by atoms with Crippen molar-refractivity contribution in [3.05, 3.63) is 22.7 Å². The van der Waals surface area contributed by atoms with E-state index in [1.807, 2.05) is 6.07 Å². The Bertz CT molecular complexity index is 355. The van der Waals surface area contributed by atoms with Gasteiger partial charge in [0, 0.05) is 11.6 Å². The summed E-state index contributed by atoms with van der Waals surface area (Å²) in [5, 5.41) is 0.571. The molecule has 0 aliphatic rings. The average Bonchev–Trinajstić information content (AvgIpc) is 2.28. The van der Waals surface area contributed by atoms with Crippen LogP contribution in [-0.4, -0.2) is 20.0 Å². The third kappa shape index (κ3) is 2.98. The van der Waals surface area contributed by atoms with Crippen LogP contribution in [0.25, 0.3) is 0 Å². The first-order valence-electron chi connectivity index (χ1n) is 5.16. The highest BCUT2D eigenvalue weighted by Crippen LogP contribution is 2.37. The van der Waals surface area contributed by atoms with E-state index in [1.165, 1.54) is 0 Å². The zero-order valence-electron chi connectivity index (χ0n) is 9.79. The van der Waals surface area contributed by atoms with Gasteiger partial charge in [-0.25, -0.2) is 0 Å². The number of benzene rings is 1. The molecular weight excluding hydrogens is 244 g/mol. The Morgan fingerprint density at radius 1 is 1.25 bits per heavy atom. The summed E-state index contributed by atoms with van der Waals surface area (Å²) in [6.07, 6.45) is 0.990. The molecule has 0 amide bonds. The molecule has 0 fully saturated rings. The lowest BCUT2D eigenvalue weighted by Crippen LogP contribution is -2.00. The highest BCUT2D eigenvalue weighted by molar-refractivity contribution is 7.80. The van der Waals surface area contributed by atoms with Crippen LogP contribution in [0.3, 0.4) is 0 Å². The first-order chi connectivity index (χ1) is 7.63. The Kier molecular flexibility index (Phi) is 5.29. The van der Waals surface area contributed by atoms with Gasteiger partial charge in [0.1, 0.15) is 11.5 Å². The van der Waals surface area contributed by atoms with Gasteiger partial charge in [0.05, 0.1) is 19.2 Å². The van der Waals surface area contributed by atoms with E-state index in [2.05, 4.69) is 19.6 Å². The van der Waals surface area contributed by atoms with Gasteiger partial charge in [-0.2, -0.15) is 12.6 Å². The Morgan fingerprint density at radius 3 is 2.38 bits per heavy atom. The first kappa shape index (κ1) is 13.5. The molecule has 0 radical (unpaired) electrons. The van der Waals surface area contributed by atoms with Gasteiger partial charge in [0.15, 0.2) is 0 Å². The molecular formula is C12H17ClO2S. The SMILES string of the molecule is COc1cc(C(C)CCS)c(OC)cc1Cl. The summed E-state index contributed by atoms with van der Waals surface area (Å²) in [4.78, 5) is 0. The summed E-state index contributed by atoms with van der Waals surface area (Å²) in [6, 6.07) is 3.74. The number of ether oxygens (including phenoxy) is 2. The fourth-order valence-electron chi connectivity index (χ4n) is 1.62. The standard InChI is InChI=1S/C12H17ClO2S/c1-8(4-5-16)9-6-12(15-3)10(13)7-11(9)14-2/h6-8,16H,4-5H2,1-3H3. The van der Waals surface area contributed by atoms with Gasteiger partial charge in [-0.1, -0.05) is 18.5 Å². The lowest BCUT2D eigenvalue weighted by molar-refractivity contribution is 0.395. The summed E-state index contributed by atoms with van der Waals surface area (Å²) in [5.74, 6) is 2.71. The number of hydrogen-bond acceptors (Lipinski definition) is 3. The van der Waals surface area contributed by atoms with E-state index in [-0.39, 0.29) is 0 Å². The Hall–Kier alpha value is -0.540. The minimum Gasteiger partial charge on any atom is -0.496 e. The third-order valence-electron chi connectivity index (χ3n) is 2.60. The number of thiol groups is 1. The molecule has 90 valence electrons. The summed E-state index contributed by atoms with van der Waals surface area (Å²) in [6.45, 7) is 2.14. The van der Waals surface area contributed by atoms with Gasteiger partial charge >= 0.3 is 0 Å². The highest BCUT2D eigenvalue weighted by Gasteiger charge is 2.14. The number of hydrogen-bond donors (Lipinski definition) is 1. The van der Waals surface area contributed by atoms with Crippen LogP contribution in [-0.2, 0) is 0 Å². The van der Waals surface area contributed by atoms with E-state index in [0.29, 0.717) is 16.7 Å². The molecule has 4 heteroatoms. The van der Waals surface area contributed by atoms with Crippen molar-refractivity contribution in [2.24, 2.45) is 0 Å². The molecule has 0 aliphatic heterocycles. The summed E-state index contributed by atoms with van der Waals surface area (Å²) in [5.41, 5.74) is 1.11. The monoisotopic (exact) mass is 260 g/mol. The Balaban J connectivity index is 3.13. The van der Waals surface area contributed by atoms with Gasteiger partial charge in [-0.3, -0.25) is 0 Å². The predicted octanol–water partition coefficient (Wildman–Crippen LogP) is 3.78. The maximum atomic E-state index is 6.04. The topological polar surface area (TPSA) is 18.5 Å². The maximum Gasteiger partial charge on any atom is 0.138 e. The van der Waals surface area contributed by atoms with Crippen molar-refractivity contribution in [2.45, 2.75) is 19.3 Å². The van der Waals surface area contributed by atoms with Gasteiger partial charge in [-0.15, -0.1) is 0 Å². The van der Waals surface area contributed by atoms with Crippen LogP contribution in [0.4, 0.5) is 0 Å². The molecule has 1 atom stereocenters. The van der Waals surface area contributed by atoms with Crippen molar-refractivity contribution in [3.63, 3.8) is 0 Å². The van der Waals surface area contributed by atoms with Crippen LogP contribution in [0.5, 0.6) is 11.5 Å². The normalized spacial score (nSPS) is 12.3. The Morgan fingerprint density at radius 2 is 1.88 bits per heavy atom. The Labute approximate surface area is 107 Å². The molecule has 1 rings (SSSR count). The third-order valence-corrected chi connectivity index (χ3v) is 3.15. The van der Waals surface area contributed by atoms with Crippen LogP contribution in [0.2, 0.25) is 5.02 Å². The van der Waals surface area contributed by atoms with E-state index < -0.39 is 0 Å². The molecule has 0 spiro atoms. The van der Waals surface area contributed by atoms with E-state index in [9.17, 15) is 0 Å². The molecule has 0 aromatic heterocycles. The van der Waals surface area contributed by atoms with Crippen molar-refractivity contribution < 1.29 is 9.47 Å². The van der Waals surface area contributed by atoms with Gasteiger partial charge < -0.3 is 9.47 Å². The number of rotatable bonds is 5. The fraction of sp³-hybridized carbons (Fsp3) is 0.500. The van der Waals surface area contributed by atoms with Crippen molar-refractivity contribution in [1.29, 1.82) is 0 Å². The van der Waals surface area contributed by atoms with Gasteiger partial charge in [0.2, 0.25) is 0 Å². The quantitative estimate of drug-likeness (QED) is 0.813. The molecule has 0 saturated heterocycles. The predicted molar refractivity (Wildman–Crippen MR) is 71.4 cm³/mol. The summed E-state index contributed by atoms with van der Waals surface area (Å²) < 4.78 is 10.5. The fourth-order valence-corrected chi connectivity index (χ4v) is 2.24.